The maximum atomic E-state index is 13.5. The summed E-state index contributed by atoms with van der Waals surface area (Å²) in [5, 5.41) is 0. The van der Waals surface area contributed by atoms with E-state index in [1.54, 1.807) is 19.2 Å². The van der Waals surface area contributed by atoms with Crippen LogP contribution in [0.2, 0.25) is 0 Å². The van der Waals surface area contributed by atoms with Crippen LogP contribution in [0.4, 0.5) is 4.39 Å². The lowest BCUT2D eigenvalue weighted by Gasteiger charge is -2.18. The van der Waals surface area contributed by atoms with Crippen LogP contribution in [0, 0.1) is 5.82 Å². The summed E-state index contributed by atoms with van der Waals surface area (Å²) >= 11 is 3.38. The zero-order valence-corrected chi connectivity index (χ0v) is 13.5. The first-order valence-electron chi connectivity index (χ1n) is 6.20. The lowest BCUT2D eigenvalue weighted by atomic mass is 9.95. The summed E-state index contributed by atoms with van der Waals surface area (Å²) in [5.41, 5.74) is 1.05. The highest BCUT2D eigenvalue weighted by atomic mass is 79.9. The van der Waals surface area contributed by atoms with E-state index in [-0.39, 0.29) is 11.2 Å². The van der Waals surface area contributed by atoms with Gasteiger partial charge in [0.2, 0.25) is 0 Å². The summed E-state index contributed by atoms with van der Waals surface area (Å²) in [4.78, 5) is 8.92. The number of benzene rings is 1. The molecule has 3 nitrogen and oxygen atoms in total. The fourth-order valence-corrected chi connectivity index (χ4v) is 2.16. The zero-order chi connectivity index (χ0) is 14.9. The van der Waals surface area contributed by atoms with Gasteiger partial charge in [0.25, 0.3) is 0 Å². The van der Waals surface area contributed by atoms with E-state index in [4.69, 9.17) is 4.74 Å². The Morgan fingerprint density at radius 1 is 1.15 bits per heavy atom. The van der Waals surface area contributed by atoms with Crippen molar-refractivity contribution in [2.75, 3.05) is 7.11 Å². The van der Waals surface area contributed by atoms with Crippen molar-refractivity contribution in [2.45, 2.75) is 26.2 Å². The molecule has 2 rings (SSSR count). The Morgan fingerprint density at radius 3 is 2.45 bits per heavy atom. The summed E-state index contributed by atoms with van der Waals surface area (Å²) in [6, 6.07) is 6.13. The third-order valence-electron chi connectivity index (χ3n) is 2.80. The molecule has 1 aromatic heterocycles. The highest BCUT2D eigenvalue weighted by molar-refractivity contribution is 9.10. The van der Waals surface area contributed by atoms with Crippen molar-refractivity contribution in [2.24, 2.45) is 0 Å². The highest BCUT2D eigenvalue weighted by Crippen LogP contribution is 2.32. The molecule has 1 heterocycles. The van der Waals surface area contributed by atoms with Crippen molar-refractivity contribution in [3.05, 3.63) is 40.5 Å². The number of halogens is 2. The molecule has 0 aliphatic rings. The minimum absolute atomic E-state index is 0.195. The summed E-state index contributed by atoms with van der Waals surface area (Å²) in [7, 11) is 1.55. The first-order valence-corrected chi connectivity index (χ1v) is 6.99. The highest BCUT2D eigenvalue weighted by Gasteiger charge is 2.20. The van der Waals surface area contributed by atoms with Gasteiger partial charge in [-0.1, -0.05) is 20.8 Å². The molecule has 0 radical (unpaired) electrons. The Hall–Kier alpha value is -1.49. The molecule has 0 aliphatic carbocycles. The second kappa shape index (κ2) is 5.48. The molecule has 0 bridgehead atoms. The van der Waals surface area contributed by atoms with Crippen molar-refractivity contribution in [1.29, 1.82) is 0 Å². The first kappa shape index (κ1) is 14.9. The number of ether oxygens (including phenoxy) is 1. The van der Waals surface area contributed by atoms with E-state index in [2.05, 4.69) is 25.9 Å². The van der Waals surface area contributed by atoms with Gasteiger partial charge in [-0.05, 0) is 40.2 Å². The fourth-order valence-electron chi connectivity index (χ4n) is 1.77. The van der Waals surface area contributed by atoms with Crippen LogP contribution in [0.25, 0.3) is 11.3 Å². The second-order valence-corrected chi connectivity index (χ2v) is 6.31. The molecule has 0 fully saturated rings. The average Bonchev–Trinajstić information content (AvgIpc) is 2.37. The van der Waals surface area contributed by atoms with Crippen LogP contribution in [-0.2, 0) is 5.41 Å². The van der Waals surface area contributed by atoms with Gasteiger partial charge in [0.15, 0.2) is 0 Å². The molecule has 0 aliphatic heterocycles. The molecule has 5 heteroatoms. The van der Waals surface area contributed by atoms with Crippen LogP contribution in [0.1, 0.15) is 26.6 Å². The van der Waals surface area contributed by atoms with Crippen LogP contribution >= 0.6 is 15.9 Å². The van der Waals surface area contributed by atoms with E-state index < -0.39 is 0 Å². The minimum atomic E-state index is -0.326. The fraction of sp³-hybridized carbons (Fsp3) is 0.333. The van der Waals surface area contributed by atoms with Gasteiger partial charge in [-0.25, -0.2) is 14.4 Å². The quantitative estimate of drug-likeness (QED) is 0.763. The second-order valence-electron chi connectivity index (χ2n) is 5.49. The van der Waals surface area contributed by atoms with Gasteiger partial charge in [-0.2, -0.15) is 0 Å². The normalized spacial score (nSPS) is 11.5. The number of hydrogen-bond acceptors (Lipinski definition) is 3. The van der Waals surface area contributed by atoms with Gasteiger partial charge >= 0.3 is 0 Å². The molecule has 0 amide bonds. The average molecular weight is 339 g/mol. The maximum Gasteiger partial charge on any atom is 0.135 e. The Morgan fingerprint density at radius 2 is 1.85 bits per heavy atom. The molecular formula is C15H16BrFN2O. The largest absolute Gasteiger partial charge is 0.496 e. The number of hydrogen-bond donors (Lipinski definition) is 0. The minimum Gasteiger partial charge on any atom is -0.496 e. The van der Waals surface area contributed by atoms with Crippen LogP contribution in [0.3, 0.4) is 0 Å². The third-order valence-corrected chi connectivity index (χ3v) is 3.21. The van der Waals surface area contributed by atoms with E-state index >= 15 is 0 Å². The molecule has 1 aromatic carbocycles. The predicted octanol–water partition coefficient (Wildman–Crippen LogP) is 4.35. The van der Waals surface area contributed by atoms with Gasteiger partial charge in [0, 0.05) is 11.0 Å². The molecule has 0 N–H and O–H groups in total. The monoisotopic (exact) mass is 338 g/mol. The molecule has 0 saturated carbocycles. The molecule has 0 saturated heterocycles. The third kappa shape index (κ3) is 3.15. The summed E-state index contributed by atoms with van der Waals surface area (Å²) in [5.74, 6) is 0.942. The van der Waals surface area contributed by atoms with Crippen LogP contribution < -0.4 is 4.74 Å². The molecule has 0 spiro atoms. The lowest BCUT2D eigenvalue weighted by molar-refractivity contribution is 0.415. The van der Waals surface area contributed by atoms with E-state index in [1.165, 1.54) is 12.1 Å². The Kier molecular flexibility index (Phi) is 4.09. The SMILES string of the molecule is COc1ccc(F)cc1-c1cc(Br)nc(C(C)(C)C)n1. The molecule has 20 heavy (non-hydrogen) atoms. The topological polar surface area (TPSA) is 35.0 Å². The van der Waals surface area contributed by atoms with Gasteiger partial charge < -0.3 is 4.74 Å². The van der Waals surface area contributed by atoms with Gasteiger partial charge in [-0.3, -0.25) is 0 Å². The summed E-state index contributed by atoms with van der Waals surface area (Å²) in [6.45, 7) is 6.09. The molecule has 106 valence electrons. The molecule has 2 aromatic rings. The number of aromatic nitrogens is 2. The number of methoxy groups -OCH3 is 1. The van der Waals surface area contributed by atoms with Gasteiger partial charge in [0.05, 0.1) is 12.8 Å². The predicted molar refractivity (Wildman–Crippen MR) is 80.4 cm³/mol. The van der Waals surface area contributed by atoms with E-state index in [0.29, 0.717) is 27.4 Å². The van der Waals surface area contributed by atoms with Crippen LogP contribution in [-0.4, -0.2) is 17.1 Å². The number of rotatable bonds is 2. The zero-order valence-electron chi connectivity index (χ0n) is 11.9. The van der Waals surface area contributed by atoms with E-state index in [9.17, 15) is 4.39 Å². The molecule has 0 atom stereocenters. The lowest BCUT2D eigenvalue weighted by Crippen LogP contribution is -2.16. The van der Waals surface area contributed by atoms with Crippen molar-refractivity contribution >= 4 is 15.9 Å². The Labute approximate surface area is 126 Å². The van der Waals surface area contributed by atoms with E-state index in [0.717, 1.165) is 0 Å². The van der Waals surface area contributed by atoms with Crippen LogP contribution in [0.15, 0.2) is 28.9 Å². The van der Waals surface area contributed by atoms with Crippen molar-refractivity contribution in [1.82, 2.24) is 9.97 Å². The molecule has 0 unspecified atom stereocenters. The van der Waals surface area contributed by atoms with Crippen LogP contribution in [0.5, 0.6) is 5.75 Å². The molecular weight excluding hydrogens is 323 g/mol. The van der Waals surface area contributed by atoms with Crippen molar-refractivity contribution in [3.63, 3.8) is 0 Å². The maximum absolute atomic E-state index is 13.5. The summed E-state index contributed by atoms with van der Waals surface area (Å²) < 4.78 is 19.4. The Bertz CT molecular complexity index is 638. The standard InChI is InChI=1S/C15H16BrFN2O/c1-15(2,3)14-18-11(8-13(16)19-14)10-7-9(17)5-6-12(10)20-4/h5-8H,1-4H3. The van der Waals surface area contributed by atoms with E-state index in [1.807, 2.05) is 20.8 Å². The number of nitrogens with zero attached hydrogens (tertiary/aromatic N) is 2. The summed E-state index contributed by atoms with van der Waals surface area (Å²) in [6.07, 6.45) is 0. The smallest absolute Gasteiger partial charge is 0.135 e. The first-order chi connectivity index (χ1) is 9.31. The van der Waals surface area contributed by atoms with Gasteiger partial charge in [-0.15, -0.1) is 0 Å². The Balaban J connectivity index is 2.64. The van der Waals surface area contributed by atoms with Crippen molar-refractivity contribution < 1.29 is 9.13 Å². The van der Waals surface area contributed by atoms with Crippen molar-refractivity contribution in [3.8, 4) is 17.0 Å². The van der Waals surface area contributed by atoms with Gasteiger partial charge in [0.1, 0.15) is 22.0 Å².